The van der Waals surface area contributed by atoms with E-state index in [1.807, 2.05) is 20.8 Å². The van der Waals surface area contributed by atoms with Crippen molar-refractivity contribution >= 4 is 34.7 Å². The van der Waals surface area contributed by atoms with Crippen LogP contribution in [-0.4, -0.2) is 36.6 Å². The van der Waals surface area contributed by atoms with E-state index in [0.717, 1.165) is 0 Å². The Morgan fingerprint density at radius 1 is 1.00 bits per heavy atom. The van der Waals surface area contributed by atoms with E-state index < -0.39 is 17.7 Å². The van der Waals surface area contributed by atoms with E-state index in [1.165, 1.54) is 12.0 Å². The first-order chi connectivity index (χ1) is 17.7. The molecule has 0 saturated carbocycles. The summed E-state index contributed by atoms with van der Waals surface area (Å²) in [5, 5.41) is 11.7. The number of benzene rings is 3. The van der Waals surface area contributed by atoms with Crippen LogP contribution >= 0.6 is 11.6 Å². The number of carbonyl (C=O) groups excluding carboxylic acids is 2. The van der Waals surface area contributed by atoms with Gasteiger partial charge in [-0.1, -0.05) is 29.8 Å². The van der Waals surface area contributed by atoms with Gasteiger partial charge in [0.25, 0.3) is 11.7 Å². The standard InChI is InChI=1S/C29H28ClNO6/c1-5-36-22-13-14-24(30)23(16-22)27(32)25-26(18-9-11-20(12-10-18)37-17(2)3)31(29(34)28(25)33)19-7-6-8-21(15-19)35-4/h6-17,26,32H,5H2,1-4H3/b27-25+. The summed E-state index contributed by atoms with van der Waals surface area (Å²) >= 11 is 6.42. The first-order valence-corrected chi connectivity index (χ1v) is 12.3. The first-order valence-electron chi connectivity index (χ1n) is 11.9. The van der Waals surface area contributed by atoms with Gasteiger partial charge in [0.05, 0.1) is 36.5 Å². The van der Waals surface area contributed by atoms with Gasteiger partial charge in [0.2, 0.25) is 0 Å². The zero-order valence-corrected chi connectivity index (χ0v) is 21.8. The van der Waals surface area contributed by atoms with Crippen LogP contribution in [0.2, 0.25) is 5.02 Å². The summed E-state index contributed by atoms with van der Waals surface area (Å²) < 4.78 is 16.6. The second-order valence-electron chi connectivity index (χ2n) is 8.68. The highest BCUT2D eigenvalue weighted by atomic mass is 35.5. The normalized spacial score (nSPS) is 16.8. The number of Topliss-reactive ketones (excluding diaryl/α,β-unsaturated/α-hetero) is 1. The third kappa shape index (κ3) is 5.27. The maximum Gasteiger partial charge on any atom is 0.300 e. The van der Waals surface area contributed by atoms with Crippen LogP contribution in [0, 0.1) is 0 Å². The number of methoxy groups -OCH3 is 1. The van der Waals surface area contributed by atoms with Crippen molar-refractivity contribution in [1.29, 1.82) is 0 Å². The Hall–Kier alpha value is -3.97. The molecule has 3 aromatic rings. The summed E-state index contributed by atoms with van der Waals surface area (Å²) in [5.74, 6) is -0.356. The van der Waals surface area contributed by atoms with Crippen LogP contribution in [-0.2, 0) is 9.59 Å². The predicted molar refractivity (Wildman–Crippen MR) is 143 cm³/mol. The van der Waals surface area contributed by atoms with E-state index in [4.69, 9.17) is 25.8 Å². The fourth-order valence-corrected chi connectivity index (χ4v) is 4.47. The van der Waals surface area contributed by atoms with Gasteiger partial charge >= 0.3 is 0 Å². The van der Waals surface area contributed by atoms with Crippen molar-refractivity contribution in [3.63, 3.8) is 0 Å². The maximum absolute atomic E-state index is 13.4. The number of amides is 1. The number of rotatable bonds is 8. The molecule has 1 heterocycles. The van der Waals surface area contributed by atoms with E-state index in [9.17, 15) is 14.7 Å². The molecule has 1 saturated heterocycles. The average Bonchev–Trinajstić information content (AvgIpc) is 3.15. The quantitative estimate of drug-likeness (QED) is 0.217. The smallest absolute Gasteiger partial charge is 0.300 e. The van der Waals surface area contributed by atoms with Gasteiger partial charge < -0.3 is 19.3 Å². The summed E-state index contributed by atoms with van der Waals surface area (Å²) in [4.78, 5) is 28.2. The summed E-state index contributed by atoms with van der Waals surface area (Å²) in [6.45, 7) is 6.09. The molecule has 0 aliphatic carbocycles. The molecular formula is C29H28ClNO6. The molecule has 1 fully saturated rings. The Balaban J connectivity index is 1.92. The Kier molecular flexibility index (Phi) is 7.74. The molecule has 1 amide bonds. The first kappa shape index (κ1) is 26.1. The topological polar surface area (TPSA) is 85.3 Å². The number of anilines is 1. The zero-order valence-electron chi connectivity index (χ0n) is 21.0. The molecule has 4 rings (SSSR count). The third-order valence-electron chi connectivity index (χ3n) is 5.85. The fourth-order valence-electron chi connectivity index (χ4n) is 4.26. The molecule has 0 aromatic heterocycles. The molecule has 1 aliphatic rings. The number of ether oxygens (including phenoxy) is 3. The molecule has 1 unspecified atom stereocenters. The minimum Gasteiger partial charge on any atom is -0.507 e. The lowest BCUT2D eigenvalue weighted by atomic mass is 9.95. The number of aliphatic hydroxyl groups is 1. The molecule has 1 atom stereocenters. The van der Waals surface area contributed by atoms with Crippen LogP contribution in [0.4, 0.5) is 5.69 Å². The van der Waals surface area contributed by atoms with Gasteiger partial charge in [-0.2, -0.15) is 0 Å². The number of hydrogen-bond acceptors (Lipinski definition) is 6. The van der Waals surface area contributed by atoms with E-state index in [-0.39, 0.29) is 28.0 Å². The summed E-state index contributed by atoms with van der Waals surface area (Å²) in [6.07, 6.45) is -0.0203. The average molecular weight is 522 g/mol. The summed E-state index contributed by atoms with van der Waals surface area (Å²) in [7, 11) is 1.52. The van der Waals surface area contributed by atoms with Crippen molar-refractivity contribution in [2.24, 2.45) is 0 Å². The maximum atomic E-state index is 13.4. The van der Waals surface area contributed by atoms with Gasteiger partial charge in [-0.15, -0.1) is 0 Å². The molecule has 7 nitrogen and oxygen atoms in total. The van der Waals surface area contributed by atoms with Crippen LogP contribution in [0.3, 0.4) is 0 Å². The number of halogens is 1. The summed E-state index contributed by atoms with van der Waals surface area (Å²) in [6, 6.07) is 17.8. The molecule has 1 aliphatic heterocycles. The molecule has 192 valence electrons. The minimum absolute atomic E-state index is 0.0203. The molecule has 0 radical (unpaired) electrons. The van der Waals surface area contributed by atoms with Gasteiger partial charge in [-0.05, 0) is 68.8 Å². The molecule has 0 bridgehead atoms. The number of aliphatic hydroxyl groups excluding tert-OH is 1. The van der Waals surface area contributed by atoms with E-state index in [2.05, 4.69) is 0 Å². The second kappa shape index (κ2) is 11.0. The highest BCUT2D eigenvalue weighted by Crippen LogP contribution is 2.44. The Morgan fingerprint density at radius 3 is 2.35 bits per heavy atom. The van der Waals surface area contributed by atoms with Gasteiger partial charge in [-0.3, -0.25) is 14.5 Å². The molecular weight excluding hydrogens is 494 g/mol. The molecule has 1 N–H and O–H groups in total. The fraction of sp³-hybridized carbons (Fsp3) is 0.241. The van der Waals surface area contributed by atoms with Crippen LogP contribution in [0.5, 0.6) is 17.2 Å². The number of hydrogen-bond donors (Lipinski definition) is 1. The van der Waals surface area contributed by atoms with Crippen LogP contribution < -0.4 is 19.1 Å². The van der Waals surface area contributed by atoms with Gasteiger partial charge in [0.15, 0.2) is 0 Å². The van der Waals surface area contributed by atoms with Gasteiger partial charge in [0.1, 0.15) is 23.0 Å². The SMILES string of the molecule is CCOc1ccc(Cl)c(/C(O)=C2\C(=O)C(=O)N(c3cccc(OC)c3)C2c2ccc(OC(C)C)cc2)c1. The molecule has 8 heteroatoms. The van der Waals surface area contributed by atoms with E-state index >= 15 is 0 Å². The van der Waals surface area contributed by atoms with Gasteiger partial charge in [-0.25, -0.2) is 0 Å². The largest absolute Gasteiger partial charge is 0.507 e. The highest BCUT2D eigenvalue weighted by Gasteiger charge is 2.47. The number of carbonyl (C=O) groups is 2. The zero-order chi connectivity index (χ0) is 26.7. The lowest BCUT2D eigenvalue weighted by molar-refractivity contribution is -0.132. The predicted octanol–water partition coefficient (Wildman–Crippen LogP) is 6.16. The lowest BCUT2D eigenvalue weighted by Crippen LogP contribution is -2.29. The Morgan fingerprint density at radius 2 is 1.70 bits per heavy atom. The van der Waals surface area contributed by atoms with Crippen molar-refractivity contribution in [2.45, 2.75) is 32.9 Å². The van der Waals surface area contributed by atoms with E-state index in [1.54, 1.807) is 66.7 Å². The molecule has 3 aromatic carbocycles. The van der Waals surface area contributed by atoms with Crippen molar-refractivity contribution in [3.8, 4) is 17.2 Å². The molecule has 37 heavy (non-hydrogen) atoms. The Bertz CT molecular complexity index is 1350. The van der Waals surface area contributed by atoms with Gasteiger partial charge in [0, 0.05) is 17.3 Å². The minimum atomic E-state index is -0.924. The van der Waals surface area contributed by atoms with Crippen molar-refractivity contribution in [2.75, 3.05) is 18.6 Å². The number of ketones is 1. The van der Waals surface area contributed by atoms with Crippen molar-refractivity contribution in [3.05, 3.63) is 88.5 Å². The monoisotopic (exact) mass is 521 g/mol. The summed E-state index contributed by atoms with van der Waals surface area (Å²) in [5.41, 5.74) is 1.17. The van der Waals surface area contributed by atoms with Crippen LogP contribution in [0.25, 0.3) is 5.76 Å². The third-order valence-corrected chi connectivity index (χ3v) is 6.18. The van der Waals surface area contributed by atoms with E-state index in [0.29, 0.717) is 35.1 Å². The second-order valence-corrected chi connectivity index (χ2v) is 9.09. The van der Waals surface area contributed by atoms with Crippen LogP contribution in [0.1, 0.15) is 37.9 Å². The molecule has 0 spiro atoms. The Labute approximate surface area is 220 Å². The van der Waals surface area contributed by atoms with Crippen LogP contribution in [0.15, 0.2) is 72.3 Å². The number of nitrogens with zero attached hydrogens (tertiary/aromatic N) is 1. The highest BCUT2D eigenvalue weighted by molar-refractivity contribution is 6.52. The van der Waals surface area contributed by atoms with Crippen molar-refractivity contribution in [1.82, 2.24) is 0 Å². The van der Waals surface area contributed by atoms with Crippen molar-refractivity contribution < 1.29 is 28.9 Å². The lowest BCUT2D eigenvalue weighted by Gasteiger charge is -2.26.